The second kappa shape index (κ2) is 7.36. The zero-order chi connectivity index (χ0) is 21.5. The molecule has 0 radical (unpaired) electrons. The second-order valence-electron chi connectivity index (χ2n) is 7.74. The maximum absolute atomic E-state index is 13.1. The molecule has 2 aromatic carbocycles. The SMILES string of the molecule is CC1=NN(c2ccccc2)C(=O)C1=Cc1cc(C)n(-c2ccc3ncccc3c2)c1C. The van der Waals surface area contributed by atoms with Crippen LogP contribution in [0.3, 0.4) is 0 Å². The Morgan fingerprint density at radius 3 is 2.48 bits per heavy atom. The number of anilines is 1. The van der Waals surface area contributed by atoms with Crippen molar-refractivity contribution in [2.75, 3.05) is 5.01 Å². The first-order valence-electron chi connectivity index (χ1n) is 10.2. The molecule has 0 bridgehead atoms. The average molecular weight is 406 g/mol. The summed E-state index contributed by atoms with van der Waals surface area (Å²) in [4.78, 5) is 17.5. The maximum Gasteiger partial charge on any atom is 0.280 e. The number of carbonyl (C=O) groups excluding carboxylic acids is 1. The topological polar surface area (TPSA) is 50.5 Å². The number of nitrogens with zero attached hydrogens (tertiary/aromatic N) is 4. The molecule has 0 spiro atoms. The van der Waals surface area contributed by atoms with E-state index in [-0.39, 0.29) is 5.91 Å². The van der Waals surface area contributed by atoms with Crippen molar-refractivity contribution < 1.29 is 4.79 Å². The molecular weight excluding hydrogens is 384 g/mol. The molecule has 5 rings (SSSR count). The van der Waals surface area contributed by atoms with Gasteiger partial charge < -0.3 is 4.57 Å². The summed E-state index contributed by atoms with van der Waals surface area (Å²) in [6.45, 7) is 6.03. The Balaban J connectivity index is 1.54. The van der Waals surface area contributed by atoms with E-state index in [0.29, 0.717) is 5.57 Å². The van der Waals surface area contributed by atoms with Crippen LogP contribution in [0.5, 0.6) is 0 Å². The lowest BCUT2D eigenvalue weighted by Gasteiger charge is -2.11. The molecule has 0 aliphatic carbocycles. The Kier molecular flexibility index (Phi) is 4.51. The van der Waals surface area contributed by atoms with Crippen LogP contribution < -0.4 is 5.01 Å². The van der Waals surface area contributed by atoms with Crippen molar-refractivity contribution in [2.45, 2.75) is 20.8 Å². The van der Waals surface area contributed by atoms with Crippen LogP contribution in [0, 0.1) is 13.8 Å². The van der Waals surface area contributed by atoms with Crippen LogP contribution in [0.15, 0.2) is 83.6 Å². The number of carbonyl (C=O) groups is 1. The van der Waals surface area contributed by atoms with Gasteiger partial charge in [0, 0.05) is 28.7 Å². The summed E-state index contributed by atoms with van der Waals surface area (Å²) in [7, 11) is 0. The molecule has 5 nitrogen and oxygen atoms in total. The van der Waals surface area contributed by atoms with Crippen molar-refractivity contribution in [3.63, 3.8) is 0 Å². The Morgan fingerprint density at radius 1 is 0.871 bits per heavy atom. The minimum Gasteiger partial charge on any atom is -0.318 e. The van der Waals surface area contributed by atoms with Crippen LogP contribution in [0.2, 0.25) is 0 Å². The van der Waals surface area contributed by atoms with E-state index >= 15 is 0 Å². The van der Waals surface area contributed by atoms with Gasteiger partial charge in [0.15, 0.2) is 0 Å². The number of pyridine rings is 1. The van der Waals surface area contributed by atoms with Gasteiger partial charge >= 0.3 is 0 Å². The standard InChI is InChI=1S/C26H22N4O/c1-17-14-21(16-24-18(2)28-30(26(24)31)22-9-5-4-6-10-22)19(3)29(17)23-11-12-25-20(15-23)8-7-13-27-25/h4-16H,1-3H3. The number of benzene rings is 2. The van der Waals surface area contributed by atoms with Gasteiger partial charge in [-0.1, -0.05) is 24.3 Å². The molecule has 4 aromatic rings. The Hall–Kier alpha value is -3.99. The highest BCUT2D eigenvalue weighted by atomic mass is 16.2. The van der Waals surface area contributed by atoms with Gasteiger partial charge in [-0.25, -0.2) is 0 Å². The van der Waals surface area contributed by atoms with Gasteiger partial charge in [-0.2, -0.15) is 10.1 Å². The average Bonchev–Trinajstić information content (AvgIpc) is 3.23. The minimum atomic E-state index is -0.106. The molecule has 0 unspecified atom stereocenters. The van der Waals surface area contributed by atoms with E-state index in [0.717, 1.165) is 44.9 Å². The van der Waals surface area contributed by atoms with Crippen LogP contribution in [0.1, 0.15) is 23.9 Å². The van der Waals surface area contributed by atoms with Crippen LogP contribution in [-0.4, -0.2) is 21.2 Å². The fourth-order valence-corrected chi connectivity index (χ4v) is 4.12. The fourth-order valence-electron chi connectivity index (χ4n) is 4.12. The molecule has 3 heterocycles. The van der Waals surface area contributed by atoms with E-state index in [2.05, 4.69) is 52.8 Å². The van der Waals surface area contributed by atoms with Crippen molar-refractivity contribution in [1.82, 2.24) is 9.55 Å². The molecule has 1 aliphatic rings. The molecule has 152 valence electrons. The summed E-state index contributed by atoms with van der Waals surface area (Å²) >= 11 is 0. The summed E-state index contributed by atoms with van der Waals surface area (Å²) in [5.41, 5.74) is 7.35. The number of aromatic nitrogens is 2. The van der Waals surface area contributed by atoms with Crippen LogP contribution in [-0.2, 0) is 4.79 Å². The third kappa shape index (κ3) is 3.24. The molecule has 0 saturated heterocycles. The third-order valence-electron chi connectivity index (χ3n) is 5.68. The normalized spacial score (nSPS) is 15.2. The molecule has 0 N–H and O–H groups in total. The second-order valence-corrected chi connectivity index (χ2v) is 7.74. The number of hydrogen-bond acceptors (Lipinski definition) is 3. The zero-order valence-corrected chi connectivity index (χ0v) is 17.7. The van der Waals surface area contributed by atoms with Crippen LogP contribution in [0.25, 0.3) is 22.7 Å². The smallest absolute Gasteiger partial charge is 0.280 e. The van der Waals surface area contributed by atoms with E-state index in [9.17, 15) is 4.79 Å². The number of hydrazone groups is 1. The number of rotatable bonds is 3. The first kappa shape index (κ1) is 19.0. The molecule has 31 heavy (non-hydrogen) atoms. The first-order valence-corrected chi connectivity index (χ1v) is 10.2. The number of amides is 1. The molecule has 2 aromatic heterocycles. The predicted molar refractivity (Wildman–Crippen MR) is 126 cm³/mol. The van der Waals surface area contributed by atoms with Crippen LogP contribution >= 0.6 is 0 Å². The third-order valence-corrected chi connectivity index (χ3v) is 5.68. The molecule has 5 heteroatoms. The van der Waals surface area contributed by atoms with Crippen molar-refractivity contribution in [3.8, 4) is 5.69 Å². The molecule has 0 fully saturated rings. The van der Waals surface area contributed by atoms with Gasteiger partial charge in [0.05, 0.1) is 22.5 Å². The Bertz CT molecular complexity index is 1380. The first-order chi connectivity index (χ1) is 15.0. The predicted octanol–water partition coefficient (Wildman–Crippen LogP) is 5.45. The van der Waals surface area contributed by atoms with E-state index in [4.69, 9.17) is 0 Å². The van der Waals surface area contributed by atoms with Gasteiger partial charge in [-0.15, -0.1) is 0 Å². The highest BCUT2D eigenvalue weighted by Gasteiger charge is 2.29. The highest BCUT2D eigenvalue weighted by molar-refractivity contribution is 6.32. The number of para-hydroxylation sites is 1. The maximum atomic E-state index is 13.1. The van der Waals surface area contributed by atoms with E-state index in [1.807, 2.05) is 55.5 Å². The van der Waals surface area contributed by atoms with Crippen molar-refractivity contribution in [2.24, 2.45) is 5.10 Å². The summed E-state index contributed by atoms with van der Waals surface area (Å²) in [5.74, 6) is -0.106. The van der Waals surface area contributed by atoms with Gasteiger partial charge in [-0.3, -0.25) is 9.78 Å². The van der Waals surface area contributed by atoms with Crippen molar-refractivity contribution >= 4 is 34.3 Å². The van der Waals surface area contributed by atoms with E-state index in [1.54, 1.807) is 6.20 Å². The van der Waals surface area contributed by atoms with Crippen molar-refractivity contribution in [3.05, 3.63) is 95.5 Å². The fraction of sp³-hybridized carbons (Fsp3) is 0.115. The Labute approximate surface area is 181 Å². The summed E-state index contributed by atoms with van der Waals surface area (Å²) in [6, 6.07) is 21.9. The lowest BCUT2D eigenvalue weighted by atomic mass is 10.1. The molecule has 1 amide bonds. The van der Waals surface area contributed by atoms with Crippen molar-refractivity contribution in [1.29, 1.82) is 0 Å². The summed E-state index contributed by atoms with van der Waals surface area (Å²) in [5, 5.41) is 7.05. The summed E-state index contributed by atoms with van der Waals surface area (Å²) in [6.07, 6.45) is 3.76. The molecule has 0 saturated carbocycles. The number of fused-ring (bicyclic) bond motifs is 1. The number of hydrogen-bond donors (Lipinski definition) is 0. The minimum absolute atomic E-state index is 0.106. The van der Waals surface area contributed by atoms with Gasteiger partial charge in [0.25, 0.3) is 5.91 Å². The van der Waals surface area contributed by atoms with Gasteiger partial charge in [0.1, 0.15) is 0 Å². The lowest BCUT2D eigenvalue weighted by Crippen LogP contribution is -2.21. The monoisotopic (exact) mass is 406 g/mol. The quantitative estimate of drug-likeness (QED) is 0.425. The van der Waals surface area contributed by atoms with E-state index in [1.165, 1.54) is 5.01 Å². The Morgan fingerprint density at radius 2 is 1.68 bits per heavy atom. The van der Waals surface area contributed by atoms with Gasteiger partial charge in [-0.05, 0) is 74.9 Å². The molecule has 1 aliphatic heterocycles. The zero-order valence-electron chi connectivity index (χ0n) is 17.7. The van der Waals surface area contributed by atoms with E-state index < -0.39 is 0 Å². The summed E-state index contributed by atoms with van der Waals surface area (Å²) < 4.78 is 2.21. The van der Waals surface area contributed by atoms with Gasteiger partial charge in [0.2, 0.25) is 0 Å². The van der Waals surface area contributed by atoms with Crippen LogP contribution in [0.4, 0.5) is 5.69 Å². The lowest BCUT2D eigenvalue weighted by molar-refractivity contribution is -0.114. The number of aryl methyl sites for hydroxylation is 1. The largest absolute Gasteiger partial charge is 0.318 e. The molecule has 0 atom stereocenters. The highest BCUT2D eigenvalue weighted by Crippen LogP contribution is 2.28. The molecular formula is C26H22N4O.